The molecule has 3 aromatic rings. The van der Waals surface area contributed by atoms with Gasteiger partial charge in [-0.15, -0.1) is 0 Å². The fourth-order valence-electron chi connectivity index (χ4n) is 3.27. The van der Waals surface area contributed by atoms with Gasteiger partial charge in [-0.25, -0.2) is 4.98 Å². The summed E-state index contributed by atoms with van der Waals surface area (Å²) in [5.74, 6) is 0.933. The molecule has 0 fully saturated rings. The van der Waals surface area contributed by atoms with Crippen LogP contribution in [0, 0.1) is 11.3 Å². The molecular formula is C18H15N3. The lowest BCUT2D eigenvalue weighted by molar-refractivity contribution is 0.911. The SMILES string of the molecule is Cn1c(-c2ccc3c(c2)CCC3)nc2c(C#N)cccc21. The van der Waals surface area contributed by atoms with E-state index in [1.807, 2.05) is 25.2 Å². The van der Waals surface area contributed by atoms with Gasteiger partial charge in [-0.05, 0) is 48.6 Å². The third kappa shape index (κ3) is 1.76. The van der Waals surface area contributed by atoms with E-state index >= 15 is 0 Å². The molecule has 102 valence electrons. The summed E-state index contributed by atoms with van der Waals surface area (Å²) < 4.78 is 2.08. The average molecular weight is 273 g/mol. The van der Waals surface area contributed by atoms with Crippen LogP contribution in [0.1, 0.15) is 23.1 Å². The van der Waals surface area contributed by atoms with Gasteiger partial charge in [0, 0.05) is 12.6 Å². The molecule has 1 aliphatic carbocycles. The Bertz CT molecular complexity index is 897. The lowest BCUT2D eigenvalue weighted by Crippen LogP contribution is -1.93. The van der Waals surface area contributed by atoms with Crippen molar-refractivity contribution in [1.82, 2.24) is 9.55 Å². The highest BCUT2D eigenvalue weighted by Gasteiger charge is 2.16. The van der Waals surface area contributed by atoms with Gasteiger partial charge in [0.2, 0.25) is 0 Å². The minimum absolute atomic E-state index is 0.635. The molecule has 1 aromatic heterocycles. The lowest BCUT2D eigenvalue weighted by atomic mass is 10.1. The third-order valence-electron chi connectivity index (χ3n) is 4.39. The van der Waals surface area contributed by atoms with Gasteiger partial charge in [-0.1, -0.05) is 18.2 Å². The molecule has 0 atom stereocenters. The Kier molecular flexibility index (Phi) is 2.58. The highest BCUT2D eigenvalue weighted by atomic mass is 15.1. The molecule has 21 heavy (non-hydrogen) atoms. The van der Waals surface area contributed by atoms with Gasteiger partial charge in [0.25, 0.3) is 0 Å². The van der Waals surface area contributed by atoms with Crippen molar-refractivity contribution in [2.45, 2.75) is 19.3 Å². The summed E-state index contributed by atoms with van der Waals surface area (Å²) in [5.41, 5.74) is 6.48. The van der Waals surface area contributed by atoms with Crippen molar-refractivity contribution < 1.29 is 0 Å². The summed E-state index contributed by atoms with van der Waals surface area (Å²) in [5, 5.41) is 9.23. The first-order valence-electron chi connectivity index (χ1n) is 7.25. The van der Waals surface area contributed by atoms with Crippen molar-refractivity contribution in [3.8, 4) is 17.5 Å². The number of fused-ring (bicyclic) bond motifs is 2. The standard InChI is InChI=1S/C18H15N3/c1-21-16-7-3-6-15(11-19)17(16)20-18(21)14-9-8-12-4-2-5-13(12)10-14/h3,6-10H,2,4-5H2,1H3. The van der Waals surface area contributed by atoms with Gasteiger partial charge in [-0.2, -0.15) is 5.26 Å². The van der Waals surface area contributed by atoms with Crippen molar-refractivity contribution in [3.05, 3.63) is 53.1 Å². The molecule has 0 aliphatic heterocycles. The third-order valence-corrected chi connectivity index (χ3v) is 4.39. The number of rotatable bonds is 1. The Hall–Kier alpha value is -2.60. The second-order valence-electron chi connectivity index (χ2n) is 5.62. The van der Waals surface area contributed by atoms with Crippen LogP contribution in [-0.2, 0) is 19.9 Å². The quantitative estimate of drug-likeness (QED) is 0.679. The minimum Gasteiger partial charge on any atom is -0.327 e. The van der Waals surface area contributed by atoms with Crippen LogP contribution in [0.25, 0.3) is 22.4 Å². The number of aryl methyl sites for hydroxylation is 3. The first-order chi connectivity index (χ1) is 10.3. The number of hydrogen-bond donors (Lipinski definition) is 0. The number of imidazole rings is 1. The Labute approximate surface area is 123 Å². The normalized spacial score (nSPS) is 13.3. The topological polar surface area (TPSA) is 41.6 Å². The maximum Gasteiger partial charge on any atom is 0.140 e. The average Bonchev–Trinajstić information content (AvgIpc) is 3.11. The number of para-hydroxylation sites is 1. The fraction of sp³-hybridized carbons (Fsp3) is 0.222. The lowest BCUT2D eigenvalue weighted by Gasteiger charge is -2.05. The zero-order chi connectivity index (χ0) is 14.4. The Morgan fingerprint density at radius 1 is 1.14 bits per heavy atom. The van der Waals surface area contributed by atoms with Crippen LogP contribution in [0.4, 0.5) is 0 Å². The van der Waals surface area contributed by atoms with Crippen molar-refractivity contribution in [1.29, 1.82) is 5.26 Å². The smallest absolute Gasteiger partial charge is 0.140 e. The zero-order valence-electron chi connectivity index (χ0n) is 11.9. The number of nitriles is 1. The van der Waals surface area contributed by atoms with Crippen LogP contribution in [0.15, 0.2) is 36.4 Å². The first kappa shape index (κ1) is 12.2. The fourth-order valence-corrected chi connectivity index (χ4v) is 3.27. The predicted octanol–water partition coefficient (Wildman–Crippen LogP) is 3.60. The largest absolute Gasteiger partial charge is 0.327 e. The van der Waals surface area contributed by atoms with Gasteiger partial charge in [0.05, 0.1) is 11.1 Å². The van der Waals surface area contributed by atoms with Crippen LogP contribution in [0.2, 0.25) is 0 Å². The van der Waals surface area contributed by atoms with E-state index in [1.165, 1.54) is 24.0 Å². The number of aromatic nitrogens is 2. The van der Waals surface area contributed by atoms with Crippen molar-refractivity contribution in [3.63, 3.8) is 0 Å². The summed E-state index contributed by atoms with van der Waals surface area (Å²) in [7, 11) is 2.01. The number of benzene rings is 2. The van der Waals surface area contributed by atoms with E-state index in [4.69, 9.17) is 4.98 Å². The monoisotopic (exact) mass is 273 g/mol. The summed E-state index contributed by atoms with van der Waals surface area (Å²) in [4.78, 5) is 4.72. The van der Waals surface area contributed by atoms with E-state index in [2.05, 4.69) is 28.8 Å². The molecule has 0 saturated heterocycles. The molecule has 0 N–H and O–H groups in total. The molecule has 2 aromatic carbocycles. The van der Waals surface area contributed by atoms with E-state index in [0.29, 0.717) is 5.56 Å². The van der Waals surface area contributed by atoms with Crippen molar-refractivity contribution >= 4 is 11.0 Å². The molecule has 3 heteroatoms. The maximum atomic E-state index is 9.23. The molecule has 3 nitrogen and oxygen atoms in total. The van der Waals surface area contributed by atoms with Crippen LogP contribution in [0.5, 0.6) is 0 Å². The summed E-state index contributed by atoms with van der Waals surface area (Å²) in [6.45, 7) is 0. The summed E-state index contributed by atoms with van der Waals surface area (Å²) in [6.07, 6.45) is 3.60. The summed E-state index contributed by atoms with van der Waals surface area (Å²) in [6, 6.07) is 14.6. The Morgan fingerprint density at radius 3 is 2.86 bits per heavy atom. The Morgan fingerprint density at radius 2 is 2.00 bits per heavy atom. The predicted molar refractivity (Wildman–Crippen MR) is 82.9 cm³/mol. The highest BCUT2D eigenvalue weighted by Crippen LogP contribution is 2.30. The molecule has 1 heterocycles. The van der Waals surface area contributed by atoms with Gasteiger partial charge < -0.3 is 4.57 Å². The molecule has 4 rings (SSSR count). The second kappa shape index (κ2) is 4.46. The van der Waals surface area contributed by atoms with E-state index in [9.17, 15) is 5.26 Å². The number of nitrogens with zero attached hydrogens (tertiary/aromatic N) is 3. The Balaban J connectivity index is 1.95. The van der Waals surface area contributed by atoms with E-state index in [1.54, 1.807) is 0 Å². The van der Waals surface area contributed by atoms with E-state index in [-0.39, 0.29) is 0 Å². The van der Waals surface area contributed by atoms with E-state index < -0.39 is 0 Å². The van der Waals surface area contributed by atoms with Crippen LogP contribution >= 0.6 is 0 Å². The van der Waals surface area contributed by atoms with Crippen molar-refractivity contribution in [2.24, 2.45) is 7.05 Å². The molecule has 0 amide bonds. The minimum atomic E-state index is 0.635. The molecule has 0 unspecified atom stereocenters. The molecule has 0 saturated carbocycles. The van der Waals surface area contributed by atoms with Crippen LogP contribution in [-0.4, -0.2) is 9.55 Å². The molecule has 1 aliphatic rings. The summed E-state index contributed by atoms with van der Waals surface area (Å²) >= 11 is 0. The highest BCUT2D eigenvalue weighted by molar-refractivity contribution is 5.85. The zero-order valence-corrected chi connectivity index (χ0v) is 11.9. The molecule has 0 radical (unpaired) electrons. The van der Waals surface area contributed by atoms with Crippen LogP contribution < -0.4 is 0 Å². The van der Waals surface area contributed by atoms with E-state index in [0.717, 1.165) is 28.8 Å². The molecule has 0 spiro atoms. The van der Waals surface area contributed by atoms with Gasteiger partial charge in [0.1, 0.15) is 17.4 Å². The molecular weight excluding hydrogens is 258 g/mol. The molecule has 0 bridgehead atoms. The first-order valence-corrected chi connectivity index (χ1v) is 7.25. The second-order valence-corrected chi connectivity index (χ2v) is 5.62. The number of hydrogen-bond acceptors (Lipinski definition) is 2. The van der Waals surface area contributed by atoms with Crippen LogP contribution in [0.3, 0.4) is 0 Å². The van der Waals surface area contributed by atoms with Gasteiger partial charge in [0.15, 0.2) is 0 Å². The van der Waals surface area contributed by atoms with Gasteiger partial charge >= 0.3 is 0 Å². The van der Waals surface area contributed by atoms with Crippen molar-refractivity contribution in [2.75, 3.05) is 0 Å². The maximum absolute atomic E-state index is 9.23. The van der Waals surface area contributed by atoms with Gasteiger partial charge in [-0.3, -0.25) is 0 Å².